The predicted molar refractivity (Wildman–Crippen MR) is 85.4 cm³/mol. The van der Waals surface area contributed by atoms with E-state index in [2.05, 4.69) is 5.32 Å². The van der Waals surface area contributed by atoms with Crippen molar-refractivity contribution in [3.05, 3.63) is 0 Å². The van der Waals surface area contributed by atoms with Gasteiger partial charge in [0.1, 0.15) is 0 Å². The fraction of sp³-hybridized carbons (Fsp3) is 0.824. The molecule has 1 N–H and O–H groups in total. The quantitative estimate of drug-likeness (QED) is 0.776. The molecule has 3 rings (SSSR count). The minimum absolute atomic E-state index is 0.0424. The zero-order valence-electron chi connectivity index (χ0n) is 13.9. The lowest BCUT2D eigenvalue weighted by Gasteiger charge is -2.33. The highest BCUT2D eigenvalue weighted by molar-refractivity contribution is 6.05. The van der Waals surface area contributed by atoms with Gasteiger partial charge in [0.25, 0.3) is 0 Å². The van der Waals surface area contributed by atoms with Gasteiger partial charge in [-0.3, -0.25) is 19.3 Å². The summed E-state index contributed by atoms with van der Waals surface area (Å²) in [5, 5.41) is 3.22. The third-order valence-electron chi connectivity index (χ3n) is 5.66. The van der Waals surface area contributed by atoms with Crippen molar-refractivity contribution < 1.29 is 14.4 Å². The van der Waals surface area contributed by atoms with Crippen molar-refractivity contribution in [3.63, 3.8) is 0 Å². The summed E-state index contributed by atoms with van der Waals surface area (Å²) in [6.07, 6.45) is 6.08. The van der Waals surface area contributed by atoms with Gasteiger partial charge in [0, 0.05) is 32.1 Å². The molecule has 2 heterocycles. The van der Waals surface area contributed by atoms with Crippen LogP contribution < -0.4 is 5.32 Å². The molecule has 0 aromatic heterocycles. The van der Waals surface area contributed by atoms with E-state index < -0.39 is 0 Å². The molecule has 0 aromatic carbocycles. The van der Waals surface area contributed by atoms with Crippen LogP contribution in [0.2, 0.25) is 0 Å². The fourth-order valence-electron chi connectivity index (χ4n) is 4.26. The average molecular weight is 321 g/mol. The Bertz CT molecular complexity index is 469. The number of amides is 3. The number of rotatable bonds is 4. The number of carbonyl (C=O) groups excluding carboxylic acids is 3. The molecule has 2 aliphatic heterocycles. The Morgan fingerprint density at radius 2 is 1.74 bits per heavy atom. The average Bonchev–Trinajstić information content (AvgIpc) is 2.84. The molecule has 0 radical (unpaired) electrons. The lowest BCUT2D eigenvalue weighted by Crippen LogP contribution is -2.47. The van der Waals surface area contributed by atoms with Crippen molar-refractivity contribution in [2.45, 2.75) is 51.0 Å². The van der Waals surface area contributed by atoms with E-state index >= 15 is 0 Å². The predicted octanol–water partition coefficient (Wildman–Crippen LogP) is 0.762. The van der Waals surface area contributed by atoms with E-state index in [1.807, 2.05) is 11.9 Å². The summed E-state index contributed by atoms with van der Waals surface area (Å²) < 4.78 is 0. The van der Waals surface area contributed by atoms with Crippen LogP contribution in [0.5, 0.6) is 0 Å². The number of imide groups is 1. The first-order chi connectivity index (χ1) is 11.1. The van der Waals surface area contributed by atoms with E-state index in [0.29, 0.717) is 6.04 Å². The molecule has 3 atom stereocenters. The van der Waals surface area contributed by atoms with Gasteiger partial charge in [-0.05, 0) is 32.7 Å². The third-order valence-corrected chi connectivity index (χ3v) is 5.66. The van der Waals surface area contributed by atoms with E-state index in [9.17, 15) is 14.4 Å². The summed E-state index contributed by atoms with van der Waals surface area (Å²) in [6, 6.07) is 0.352. The van der Waals surface area contributed by atoms with Crippen LogP contribution in [0.25, 0.3) is 0 Å². The maximum absolute atomic E-state index is 12.4. The first-order valence-electron chi connectivity index (χ1n) is 8.92. The van der Waals surface area contributed by atoms with Crippen LogP contribution in [0.1, 0.15) is 44.9 Å². The molecule has 0 spiro atoms. The van der Waals surface area contributed by atoms with Gasteiger partial charge < -0.3 is 10.2 Å². The SMILES string of the molecule is CNC1CCCN(C(=O)CCN2C(=O)C3CCCCC3C2=O)C1. The number of likely N-dealkylation sites (tertiary alicyclic amines) is 2. The number of likely N-dealkylation sites (N-methyl/N-ethyl adjacent to an activating group) is 1. The number of piperidine rings is 1. The van der Waals surface area contributed by atoms with Crippen molar-refractivity contribution in [1.29, 1.82) is 0 Å². The molecule has 3 aliphatic rings. The Morgan fingerprint density at radius 1 is 1.09 bits per heavy atom. The van der Waals surface area contributed by atoms with Gasteiger partial charge >= 0.3 is 0 Å². The summed E-state index contributed by atoms with van der Waals surface area (Å²) in [5.74, 6) is -0.260. The molecule has 2 saturated heterocycles. The first-order valence-corrected chi connectivity index (χ1v) is 8.92. The second kappa shape index (κ2) is 6.99. The van der Waals surface area contributed by atoms with Gasteiger partial charge in [-0.1, -0.05) is 12.8 Å². The molecule has 6 nitrogen and oxygen atoms in total. The lowest BCUT2D eigenvalue weighted by atomic mass is 9.81. The fourth-order valence-corrected chi connectivity index (χ4v) is 4.26. The van der Waals surface area contributed by atoms with Crippen LogP contribution in [0, 0.1) is 11.8 Å². The first kappa shape index (κ1) is 16.4. The second-order valence-corrected chi connectivity index (χ2v) is 7.04. The zero-order valence-corrected chi connectivity index (χ0v) is 13.9. The van der Waals surface area contributed by atoms with E-state index in [0.717, 1.165) is 51.6 Å². The molecular weight excluding hydrogens is 294 g/mol. The molecule has 23 heavy (non-hydrogen) atoms. The maximum Gasteiger partial charge on any atom is 0.233 e. The standard InChI is InChI=1S/C17H27N3O3/c1-18-12-5-4-9-19(11-12)15(21)8-10-20-16(22)13-6-2-3-7-14(13)17(20)23/h12-14,18H,2-11H2,1H3. The Morgan fingerprint density at radius 3 is 2.35 bits per heavy atom. The van der Waals surface area contributed by atoms with Crippen LogP contribution >= 0.6 is 0 Å². The molecule has 6 heteroatoms. The number of nitrogens with one attached hydrogen (secondary N) is 1. The smallest absolute Gasteiger partial charge is 0.233 e. The highest BCUT2D eigenvalue weighted by atomic mass is 16.2. The van der Waals surface area contributed by atoms with Gasteiger partial charge in [0.2, 0.25) is 17.7 Å². The Kier molecular flexibility index (Phi) is 4.99. The zero-order chi connectivity index (χ0) is 16.4. The van der Waals surface area contributed by atoms with E-state index in [-0.39, 0.29) is 42.5 Å². The lowest BCUT2D eigenvalue weighted by molar-refractivity contribution is -0.141. The van der Waals surface area contributed by atoms with E-state index in [1.165, 1.54) is 4.90 Å². The van der Waals surface area contributed by atoms with E-state index in [1.54, 1.807) is 0 Å². The Labute approximate surface area is 137 Å². The van der Waals surface area contributed by atoms with Crippen LogP contribution in [0.15, 0.2) is 0 Å². The molecule has 0 aromatic rings. The number of fused-ring (bicyclic) bond motifs is 1. The molecule has 3 unspecified atom stereocenters. The molecule has 3 fully saturated rings. The van der Waals surface area contributed by atoms with Crippen molar-refractivity contribution in [1.82, 2.24) is 15.1 Å². The maximum atomic E-state index is 12.4. The molecule has 128 valence electrons. The summed E-state index contributed by atoms with van der Waals surface area (Å²) in [4.78, 5) is 40.4. The number of hydrogen-bond acceptors (Lipinski definition) is 4. The van der Waals surface area contributed by atoms with Crippen molar-refractivity contribution >= 4 is 17.7 Å². The van der Waals surface area contributed by atoms with Crippen LogP contribution in [-0.4, -0.2) is 60.2 Å². The molecule has 3 amide bonds. The summed E-state index contributed by atoms with van der Waals surface area (Å²) in [5.41, 5.74) is 0. The molecule has 1 saturated carbocycles. The largest absolute Gasteiger partial charge is 0.341 e. The topological polar surface area (TPSA) is 69.7 Å². The molecule has 1 aliphatic carbocycles. The normalized spacial score (nSPS) is 31.4. The third kappa shape index (κ3) is 3.27. The van der Waals surface area contributed by atoms with E-state index in [4.69, 9.17) is 0 Å². The summed E-state index contributed by atoms with van der Waals surface area (Å²) in [6.45, 7) is 1.76. The highest BCUT2D eigenvalue weighted by Crippen LogP contribution is 2.38. The van der Waals surface area contributed by atoms with Gasteiger partial charge in [0.15, 0.2) is 0 Å². The van der Waals surface area contributed by atoms with Crippen molar-refractivity contribution in [2.75, 3.05) is 26.7 Å². The van der Waals surface area contributed by atoms with Gasteiger partial charge in [-0.15, -0.1) is 0 Å². The van der Waals surface area contributed by atoms with Gasteiger partial charge in [0.05, 0.1) is 11.8 Å². The highest BCUT2D eigenvalue weighted by Gasteiger charge is 2.47. The number of hydrogen-bond donors (Lipinski definition) is 1. The minimum Gasteiger partial charge on any atom is -0.341 e. The Hall–Kier alpha value is -1.43. The Balaban J connectivity index is 1.54. The molecular formula is C17H27N3O3. The number of nitrogens with zero attached hydrogens (tertiary/aromatic N) is 2. The van der Waals surface area contributed by atoms with Crippen molar-refractivity contribution in [2.24, 2.45) is 11.8 Å². The second-order valence-electron chi connectivity index (χ2n) is 7.04. The number of carbonyl (C=O) groups is 3. The monoisotopic (exact) mass is 321 g/mol. The van der Waals surface area contributed by atoms with Crippen LogP contribution in [0.3, 0.4) is 0 Å². The summed E-state index contributed by atoms with van der Waals surface area (Å²) in [7, 11) is 1.92. The molecule has 0 bridgehead atoms. The minimum atomic E-state index is -0.116. The van der Waals surface area contributed by atoms with Gasteiger partial charge in [-0.2, -0.15) is 0 Å². The van der Waals surface area contributed by atoms with Crippen LogP contribution in [0.4, 0.5) is 0 Å². The van der Waals surface area contributed by atoms with Crippen LogP contribution in [-0.2, 0) is 14.4 Å². The van der Waals surface area contributed by atoms with Gasteiger partial charge in [-0.25, -0.2) is 0 Å². The summed E-state index contributed by atoms with van der Waals surface area (Å²) >= 11 is 0. The van der Waals surface area contributed by atoms with Crippen molar-refractivity contribution in [3.8, 4) is 0 Å².